The Balaban J connectivity index is 1.25. The van der Waals surface area contributed by atoms with Gasteiger partial charge in [-0.25, -0.2) is 0 Å². The van der Waals surface area contributed by atoms with Crippen LogP contribution >= 0.6 is 11.8 Å². The van der Waals surface area contributed by atoms with Gasteiger partial charge < -0.3 is 5.32 Å². The quantitative estimate of drug-likeness (QED) is 0.608. The summed E-state index contributed by atoms with van der Waals surface area (Å²) in [5.74, 6) is 2.95. The van der Waals surface area contributed by atoms with Gasteiger partial charge in [0.05, 0.1) is 5.25 Å². The summed E-state index contributed by atoms with van der Waals surface area (Å²) in [6.45, 7) is 1.97. The Morgan fingerprint density at radius 2 is 1.50 bits per heavy atom. The van der Waals surface area contributed by atoms with E-state index in [-0.39, 0.29) is 11.2 Å². The lowest BCUT2D eigenvalue weighted by Crippen LogP contribution is -2.48. The Labute approximate surface area is 172 Å². The minimum absolute atomic E-state index is 0.0661. The van der Waals surface area contributed by atoms with Crippen molar-refractivity contribution in [3.05, 3.63) is 60.2 Å². The van der Waals surface area contributed by atoms with Crippen molar-refractivity contribution < 1.29 is 4.79 Å². The Kier molecular flexibility index (Phi) is 4.74. The first-order chi connectivity index (χ1) is 13.6. The molecule has 4 bridgehead atoms. The molecule has 6 rings (SSSR count). The molecule has 0 spiro atoms. The predicted octanol–water partition coefficient (Wildman–Crippen LogP) is 6.27. The van der Waals surface area contributed by atoms with Gasteiger partial charge in [0.25, 0.3) is 0 Å². The normalized spacial score (nSPS) is 31.5. The third-order valence-electron chi connectivity index (χ3n) is 7.23. The number of hydrogen-bond donors (Lipinski definition) is 1. The van der Waals surface area contributed by atoms with E-state index < -0.39 is 0 Å². The lowest BCUT2D eigenvalue weighted by Gasteiger charge is -2.57. The van der Waals surface area contributed by atoms with Crippen molar-refractivity contribution in [3.8, 4) is 0 Å². The van der Waals surface area contributed by atoms with E-state index in [9.17, 15) is 4.79 Å². The number of carbonyl (C=O) groups is 1. The summed E-state index contributed by atoms with van der Waals surface area (Å²) in [5, 5.41) is 2.98. The largest absolute Gasteiger partial charge is 0.325 e. The second kappa shape index (κ2) is 7.26. The molecule has 0 heterocycles. The molecule has 0 aromatic heterocycles. The summed E-state index contributed by atoms with van der Waals surface area (Å²) >= 11 is 1.60. The highest BCUT2D eigenvalue weighted by Crippen LogP contribution is 2.60. The van der Waals surface area contributed by atoms with Gasteiger partial charge in [-0.05, 0) is 98.4 Å². The highest BCUT2D eigenvalue weighted by molar-refractivity contribution is 8.00. The molecule has 3 heteroatoms. The molecule has 1 atom stereocenters. The minimum Gasteiger partial charge on any atom is -0.325 e. The Morgan fingerprint density at radius 3 is 2.07 bits per heavy atom. The smallest absolute Gasteiger partial charge is 0.237 e. The molecule has 0 aliphatic heterocycles. The fourth-order valence-corrected chi connectivity index (χ4v) is 7.26. The van der Waals surface area contributed by atoms with Crippen molar-refractivity contribution >= 4 is 23.4 Å². The van der Waals surface area contributed by atoms with Crippen LogP contribution in [0.25, 0.3) is 0 Å². The summed E-state index contributed by atoms with van der Waals surface area (Å²) in [7, 11) is 0. The molecule has 2 aromatic rings. The molecule has 4 saturated carbocycles. The number of thioether (sulfide) groups is 1. The van der Waals surface area contributed by atoms with Gasteiger partial charge in [-0.15, -0.1) is 11.8 Å². The fraction of sp³-hybridized carbons (Fsp3) is 0.480. The number of rotatable bonds is 5. The van der Waals surface area contributed by atoms with Crippen molar-refractivity contribution in [2.24, 2.45) is 17.8 Å². The molecular formula is C25H29NOS. The maximum atomic E-state index is 12.6. The second-order valence-electron chi connectivity index (χ2n) is 9.34. The number of amides is 1. The number of hydrogen-bond acceptors (Lipinski definition) is 2. The highest BCUT2D eigenvalue weighted by Gasteiger charge is 2.51. The molecule has 2 nitrogen and oxygen atoms in total. The standard InChI is InChI=1S/C25H29NOS/c1-17(28-23-5-3-2-4-6-23)24(27)26-22-9-7-21(8-10-22)25-14-18-11-19(15-25)13-20(12-18)16-25/h2-10,17-20H,11-16H2,1H3,(H,26,27)/t17-,18?,19?,20?,25?/m0/s1. The van der Waals surface area contributed by atoms with E-state index >= 15 is 0 Å². The average Bonchev–Trinajstić information content (AvgIpc) is 2.68. The molecule has 1 N–H and O–H groups in total. The summed E-state index contributed by atoms with van der Waals surface area (Å²) in [5.41, 5.74) is 2.85. The van der Waals surface area contributed by atoms with Gasteiger partial charge in [-0.3, -0.25) is 4.79 Å². The van der Waals surface area contributed by atoms with Gasteiger partial charge in [0, 0.05) is 10.6 Å². The monoisotopic (exact) mass is 391 g/mol. The Hall–Kier alpha value is -1.74. The van der Waals surface area contributed by atoms with E-state index in [2.05, 4.69) is 41.7 Å². The lowest BCUT2D eigenvalue weighted by atomic mass is 9.48. The Morgan fingerprint density at radius 1 is 0.929 bits per heavy atom. The SMILES string of the molecule is C[C@H](Sc1ccccc1)C(=O)Nc1ccc(C23CC4CC(CC(C4)C2)C3)cc1. The average molecular weight is 392 g/mol. The van der Waals surface area contributed by atoms with E-state index in [1.54, 1.807) is 11.8 Å². The summed E-state index contributed by atoms with van der Waals surface area (Å²) < 4.78 is 0. The molecule has 0 saturated heterocycles. The van der Waals surface area contributed by atoms with Crippen LogP contribution in [0, 0.1) is 17.8 Å². The van der Waals surface area contributed by atoms with Crippen LogP contribution in [0.4, 0.5) is 5.69 Å². The van der Waals surface area contributed by atoms with Crippen LogP contribution in [0.3, 0.4) is 0 Å². The van der Waals surface area contributed by atoms with Crippen LogP contribution in [-0.4, -0.2) is 11.2 Å². The fourth-order valence-electron chi connectivity index (χ4n) is 6.37. The minimum atomic E-state index is -0.120. The number of anilines is 1. The third-order valence-corrected chi connectivity index (χ3v) is 8.34. The zero-order chi connectivity index (χ0) is 19.1. The zero-order valence-electron chi connectivity index (χ0n) is 16.6. The molecule has 2 aromatic carbocycles. The van der Waals surface area contributed by atoms with Crippen molar-refractivity contribution in [2.45, 2.75) is 61.0 Å². The molecule has 1 amide bonds. The molecular weight excluding hydrogens is 362 g/mol. The lowest BCUT2D eigenvalue weighted by molar-refractivity contribution is -0.115. The highest BCUT2D eigenvalue weighted by atomic mass is 32.2. The van der Waals surface area contributed by atoms with Crippen LogP contribution in [0.15, 0.2) is 59.5 Å². The van der Waals surface area contributed by atoms with Crippen molar-refractivity contribution in [1.29, 1.82) is 0 Å². The van der Waals surface area contributed by atoms with Gasteiger partial charge in [0.15, 0.2) is 0 Å². The van der Waals surface area contributed by atoms with Crippen molar-refractivity contribution in [1.82, 2.24) is 0 Å². The second-order valence-corrected chi connectivity index (χ2v) is 10.8. The molecule has 4 fully saturated rings. The van der Waals surface area contributed by atoms with Crippen LogP contribution < -0.4 is 5.32 Å². The van der Waals surface area contributed by atoms with Gasteiger partial charge in [0.2, 0.25) is 5.91 Å². The molecule has 4 aliphatic carbocycles. The van der Waals surface area contributed by atoms with E-state index in [0.717, 1.165) is 28.3 Å². The molecule has 28 heavy (non-hydrogen) atoms. The molecule has 0 unspecified atom stereocenters. The number of benzene rings is 2. The first-order valence-electron chi connectivity index (χ1n) is 10.7. The maximum absolute atomic E-state index is 12.6. The van der Waals surface area contributed by atoms with E-state index in [1.165, 1.54) is 44.1 Å². The van der Waals surface area contributed by atoms with Gasteiger partial charge in [-0.2, -0.15) is 0 Å². The van der Waals surface area contributed by atoms with Crippen LogP contribution in [0.5, 0.6) is 0 Å². The van der Waals surface area contributed by atoms with Gasteiger partial charge in [0.1, 0.15) is 0 Å². The van der Waals surface area contributed by atoms with Crippen molar-refractivity contribution in [2.75, 3.05) is 5.32 Å². The van der Waals surface area contributed by atoms with Gasteiger partial charge in [-0.1, -0.05) is 30.3 Å². The van der Waals surface area contributed by atoms with E-state index in [0.29, 0.717) is 5.41 Å². The molecule has 0 radical (unpaired) electrons. The number of carbonyl (C=O) groups excluding carboxylic acids is 1. The van der Waals surface area contributed by atoms with Crippen LogP contribution in [-0.2, 0) is 10.2 Å². The zero-order valence-corrected chi connectivity index (χ0v) is 17.4. The maximum Gasteiger partial charge on any atom is 0.237 e. The summed E-state index contributed by atoms with van der Waals surface area (Å²) in [6, 6.07) is 18.9. The summed E-state index contributed by atoms with van der Waals surface area (Å²) in [6.07, 6.45) is 8.58. The topological polar surface area (TPSA) is 29.1 Å². The number of nitrogens with one attached hydrogen (secondary N) is 1. The van der Waals surface area contributed by atoms with Gasteiger partial charge >= 0.3 is 0 Å². The summed E-state index contributed by atoms with van der Waals surface area (Å²) in [4.78, 5) is 13.7. The van der Waals surface area contributed by atoms with E-state index in [4.69, 9.17) is 0 Å². The van der Waals surface area contributed by atoms with Crippen LogP contribution in [0.1, 0.15) is 51.0 Å². The first kappa shape index (κ1) is 18.3. The van der Waals surface area contributed by atoms with Crippen molar-refractivity contribution in [3.63, 3.8) is 0 Å². The first-order valence-corrected chi connectivity index (χ1v) is 11.6. The molecule has 146 valence electrons. The molecule has 4 aliphatic rings. The third kappa shape index (κ3) is 3.50. The predicted molar refractivity (Wildman–Crippen MR) is 117 cm³/mol. The van der Waals surface area contributed by atoms with E-state index in [1.807, 2.05) is 25.1 Å². The van der Waals surface area contributed by atoms with Crippen LogP contribution in [0.2, 0.25) is 0 Å². The Bertz CT molecular complexity index is 809.